The molecule has 0 bridgehead atoms. The number of nitrogens with one attached hydrogen (secondary N) is 1. The molecule has 2 aromatic heterocycles. The van der Waals surface area contributed by atoms with Gasteiger partial charge in [-0.15, -0.1) is 0 Å². The normalized spacial score (nSPS) is 19.2. The fourth-order valence-corrected chi connectivity index (χ4v) is 5.26. The van der Waals surface area contributed by atoms with Gasteiger partial charge in [-0.05, 0) is 49.1 Å². The highest BCUT2D eigenvalue weighted by Crippen LogP contribution is 2.52. The van der Waals surface area contributed by atoms with E-state index in [0.717, 1.165) is 36.9 Å². The summed E-state index contributed by atoms with van der Waals surface area (Å²) in [4.78, 5) is 27.4. The highest BCUT2D eigenvalue weighted by molar-refractivity contribution is 7.59. The van der Waals surface area contributed by atoms with E-state index in [2.05, 4.69) is 29.0 Å². The minimum atomic E-state index is -3.69. The van der Waals surface area contributed by atoms with Crippen LogP contribution >= 0.6 is 8.09 Å². The molecule has 0 aliphatic carbocycles. The van der Waals surface area contributed by atoms with Gasteiger partial charge in [0.25, 0.3) is 0 Å². The Morgan fingerprint density at radius 1 is 1.26 bits per heavy atom. The number of rotatable bonds is 13. The van der Waals surface area contributed by atoms with Crippen LogP contribution in [0.3, 0.4) is 0 Å². The summed E-state index contributed by atoms with van der Waals surface area (Å²) in [5.74, 6) is 0.610. The van der Waals surface area contributed by atoms with Crippen molar-refractivity contribution in [2.45, 2.75) is 51.7 Å². The molecule has 12 heteroatoms. The van der Waals surface area contributed by atoms with E-state index in [9.17, 15) is 9.69 Å². The summed E-state index contributed by atoms with van der Waals surface area (Å²) in [6.07, 6.45) is 7.40. The molecule has 1 saturated heterocycles. The van der Waals surface area contributed by atoms with Crippen molar-refractivity contribution in [2.75, 3.05) is 18.9 Å². The summed E-state index contributed by atoms with van der Waals surface area (Å²) in [6, 6.07) is 12.6. The third-order valence-electron chi connectivity index (χ3n) is 6.42. The molecule has 4 N–H and O–H groups in total. The number of anilines is 1. The fourth-order valence-electron chi connectivity index (χ4n) is 4.11. The van der Waals surface area contributed by atoms with Crippen LogP contribution in [0.1, 0.15) is 51.3 Å². The number of esters is 1. The molecule has 3 aromatic rings. The molecule has 11 nitrogen and oxygen atoms in total. The Morgan fingerprint density at radius 2 is 2.05 bits per heavy atom. The first-order valence-electron chi connectivity index (χ1n) is 12.8. The van der Waals surface area contributed by atoms with E-state index in [0.29, 0.717) is 24.1 Å². The summed E-state index contributed by atoms with van der Waals surface area (Å²) in [5.41, 5.74) is 7.55. The number of ether oxygens (including phenoxy) is 2. The first-order chi connectivity index (χ1) is 18.4. The Kier molecular flexibility index (Phi) is 9.52. The lowest BCUT2D eigenvalue weighted by Gasteiger charge is -2.17. The minimum Gasteiger partial charge on any atom is -0.464 e. The minimum absolute atomic E-state index is 0.182. The van der Waals surface area contributed by atoms with Crippen molar-refractivity contribution >= 4 is 25.4 Å². The van der Waals surface area contributed by atoms with E-state index >= 15 is 0 Å². The van der Waals surface area contributed by atoms with Gasteiger partial charge in [-0.2, -0.15) is 9.99 Å². The lowest BCUT2D eigenvalue weighted by molar-refractivity contribution is -0.143. The monoisotopic (exact) mass is 544 g/mol. The van der Waals surface area contributed by atoms with E-state index < -0.39 is 14.1 Å². The average molecular weight is 545 g/mol. The number of nitrogens with two attached hydrogens (primary N) is 1. The van der Waals surface area contributed by atoms with Crippen LogP contribution in [0.5, 0.6) is 5.75 Å². The molecule has 2 unspecified atom stereocenters. The van der Waals surface area contributed by atoms with Crippen molar-refractivity contribution in [1.82, 2.24) is 19.7 Å². The third kappa shape index (κ3) is 7.20. The number of hydrogen-bond acceptors (Lipinski definition) is 10. The van der Waals surface area contributed by atoms with Gasteiger partial charge < -0.3 is 15.2 Å². The fraction of sp³-hybridized carbons (Fsp3) is 0.423. The number of carbonyl (C=O) groups excluding carboxylic acids is 1. The zero-order chi connectivity index (χ0) is 27.0. The number of nitrogens with zero attached hydrogens (tertiary/aromatic N) is 3. The Labute approximate surface area is 222 Å². The number of hydrogen-bond donors (Lipinski definition) is 3. The zero-order valence-electron chi connectivity index (χ0n) is 21.6. The third-order valence-corrected chi connectivity index (χ3v) is 7.84. The number of carbonyl (C=O) groups is 1. The Hall–Kier alpha value is -3.24. The highest BCUT2D eigenvalue weighted by atomic mass is 31.2. The van der Waals surface area contributed by atoms with Gasteiger partial charge in [0.15, 0.2) is 11.6 Å². The van der Waals surface area contributed by atoms with Crippen molar-refractivity contribution in [1.29, 1.82) is 0 Å². The van der Waals surface area contributed by atoms with E-state index in [1.807, 2.05) is 18.2 Å². The van der Waals surface area contributed by atoms with Gasteiger partial charge in [0.1, 0.15) is 30.8 Å². The molecule has 3 atom stereocenters. The van der Waals surface area contributed by atoms with Crippen LogP contribution in [-0.2, 0) is 18.8 Å². The second kappa shape index (κ2) is 13.0. The zero-order valence-corrected chi connectivity index (χ0v) is 22.5. The van der Waals surface area contributed by atoms with E-state index in [4.69, 9.17) is 24.3 Å². The van der Waals surface area contributed by atoms with E-state index in [1.165, 1.54) is 12.6 Å². The van der Waals surface area contributed by atoms with Crippen LogP contribution in [0, 0.1) is 5.92 Å². The molecule has 1 aliphatic rings. The number of aromatic nitrogens is 3. The molecule has 1 fully saturated rings. The largest absolute Gasteiger partial charge is 0.589 e. The van der Waals surface area contributed by atoms with Crippen molar-refractivity contribution < 1.29 is 28.2 Å². The summed E-state index contributed by atoms with van der Waals surface area (Å²) >= 11 is 0. The molecule has 204 valence electrons. The maximum atomic E-state index is 12.3. The second-order valence-electron chi connectivity index (χ2n) is 9.00. The number of nitrogen functional groups attached to an aromatic ring is 1. The first-order valence-corrected chi connectivity index (χ1v) is 14.3. The second-order valence-corrected chi connectivity index (χ2v) is 10.8. The van der Waals surface area contributed by atoms with Crippen LogP contribution in [0.15, 0.2) is 61.1 Å². The quantitative estimate of drug-likeness (QED) is 0.161. The number of benzene rings is 1. The van der Waals surface area contributed by atoms with Gasteiger partial charge >= 0.3 is 14.1 Å². The smallest absolute Gasteiger partial charge is 0.464 e. The van der Waals surface area contributed by atoms with Crippen LogP contribution < -0.4 is 15.3 Å². The lowest BCUT2D eigenvalue weighted by Crippen LogP contribution is -2.29. The molecular weight excluding hydrogens is 509 g/mol. The van der Waals surface area contributed by atoms with Crippen molar-refractivity contribution in [3.05, 3.63) is 66.8 Å². The first kappa shape index (κ1) is 27.8. The summed E-state index contributed by atoms with van der Waals surface area (Å²) in [7, 11) is -3.69. The molecule has 0 saturated carbocycles. The molecule has 1 aromatic carbocycles. The molecule has 0 amide bonds. The predicted molar refractivity (Wildman–Crippen MR) is 144 cm³/mol. The van der Waals surface area contributed by atoms with Crippen LogP contribution in [0.2, 0.25) is 0 Å². The summed E-state index contributed by atoms with van der Waals surface area (Å²) in [5, 5.41) is 7.00. The van der Waals surface area contributed by atoms with E-state index in [-0.39, 0.29) is 18.8 Å². The molecule has 3 heterocycles. The summed E-state index contributed by atoms with van der Waals surface area (Å²) in [6.45, 7) is 4.18. The van der Waals surface area contributed by atoms with Gasteiger partial charge in [-0.1, -0.05) is 50.0 Å². The van der Waals surface area contributed by atoms with Gasteiger partial charge in [-0.3, -0.25) is 13.8 Å². The van der Waals surface area contributed by atoms with Crippen LogP contribution in [0.25, 0.3) is 5.52 Å². The van der Waals surface area contributed by atoms with Gasteiger partial charge in [0.2, 0.25) is 0 Å². The predicted octanol–water partition coefficient (Wildman–Crippen LogP) is 4.38. The van der Waals surface area contributed by atoms with Crippen LogP contribution in [0.4, 0.5) is 5.82 Å². The topological polar surface area (TPSA) is 142 Å². The highest BCUT2D eigenvalue weighted by Gasteiger charge is 2.44. The van der Waals surface area contributed by atoms with Gasteiger partial charge in [-0.25, -0.2) is 9.50 Å². The maximum Gasteiger partial charge on any atom is 0.589 e. The lowest BCUT2D eigenvalue weighted by atomic mass is 10.1. The molecular formula is C26H35N5O6P+. The SMILES string of the molecule is CCC(CC)COC(=O)CN[P+](O)(OC=CC1CC[C@H](c2ccc3c(N)ncnn23)O1)Oc1ccccc1. The molecule has 1 aliphatic heterocycles. The molecule has 4 rings (SSSR count). The van der Waals surface area contributed by atoms with Crippen molar-refractivity contribution in [3.8, 4) is 5.75 Å². The van der Waals surface area contributed by atoms with Crippen LogP contribution in [-0.4, -0.2) is 44.7 Å². The maximum absolute atomic E-state index is 12.3. The molecule has 0 radical (unpaired) electrons. The summed E-state index contributed by atoms with van der Waals surface area (Å²) < 4.78 is 24.6. The molecule has 38 heavy (non-hydrogen) atoms. The van der Waals surface area contributed by atoms with Crippen molar-refractivity contribution in [3.63, 3.8) is 0 Å². The van der Waals surface area contributed by atoms with Crippen molar-refractivity contribution in [2.24, 2.45) is 5.92 Å². The van der Waals surface area contributed by atoms with E-state index in [1.54, 1.807) is 34.9 Å². The Balaban J connectivity index is 1.36. The standard InChI is InChI=1S/C26H35N5O6P/c1-3-19(4-2)17-34-25(32)16-30-38(33,37-21-8-6-5-7-9-21)35-15-14-20-10-13-24(36-20)22-11-12-23-26(27)28-18-29-31(22)23/h5-9,11-12,14-15,18-20,24,30,33H,3-4,10,13,16-17H2,1-2H3,(H2,27,28,29)/q+1/t20?,24-,38?/m1/s1. The van der Waals surface area contributed by atoms with Gasteiger partial charge in [0, 0.05) is 0 Å². The Morgan fingerprint density at radius 3 is 2.82 bits per heavy atom. The molecule has 0 spiro atoms. The number of fused-ring (bicyclic) bond motifs is 1. The number of para-hydroxylation sites is 1. The van der Waals surface area contributed by atoms with Gasteiger partial charge in [0.05, 0.1) is 18.4 Å². The Bertz CT molecular complexity index is 1220. The average Bonchev–Trinajstić information content (AvgIpc) is 3.56.